The Bertz CT molecular complexity index is 778. The fourth-order valence-corrected chi connectivity index (χ4v) is 3.87. The summed E-state index contributed by atoms with van der Waals surface area (Å²) in [6.45, 7) is 1.98. The Balaban J connectivity index is 2.24. The summed E-state index contributed by atoms with van der Waals surface area (Å²) >= 11 is 7.30. The molecule has 0 aliphatic heterocycles. The highest BCUT2D eigenvalue weighted by atomic mass is 35.5. The first-order valence-electron chi connectivity index (χ1n) is 5.53. The first kappa shape index (κ1) is 14.9. The minimum absolute atomic E-state index is 0.0805. The van der Waals surface area contributed by atoms with Gasteiger partial charge in [0.15, 0.2) is 0 Å². The molecule has 1 aromatic heterocycles. The van der Waals surface area contributed by atoms with Crippen molar-refractivity contribution in [1.29, 1.82) is 5.26 Å². The molecule has 2 aromatic rings. The van der Waals surface area contributed by atoms with Crippen molar-refractivity contribution < 1.29 is 8.42 Å². The van der Waals surface area contributed by atoms with Crippen molar-refractivity contribution in [1.82, 2.24) is 9.71 Å². The second kappa shape index (κ2) is 5.89. The summed E-state index contributed by atoms with van der Waals surface area (Å²) in [5, 5.41) is 9.76. The van der Waals surface area contributed by atoms with Gasteiger partial charge in [-0.3, -0.25) is 0 Å². The molecule has 1 N–H and O–H groups in total. The molecule has 1 heterocycles. The first-order chi connectivity index (χ1) is 9.42. The zero-order valence-electron chi connectivity index (χ0n) is 10.4. The molecular weight excluding hydrogens is 318 g/mol. The SMILES string of the molecule is Cc1ncc(CNS(=O)(=O)c2cc(C#N)ccc2Cl)s1. The Labute approximate surface area is 125 Å². The lowest BCUT2D eigenvalue weighted by Gasteiger charge is -2.07. The van der Waals surface area contributed by atoms with E-state index in [0.717, 1.165) is 9.88 Å². The number of thiazole rings is 1. The van der Waals surface area contributed by atoms with Crippen LogP contribution in [-0.2, 0) is 16.6 Å². The van der Waals surface area contributed by atoms with E-state index >= 15 is 0 Å². The van der Waals surface area contributed by atoms with Crippen molar-refractivity contribution in [3.63, 3.8) is 0 Å². The second-order valence-corrected chi connectivity index (χ2v) is 7.39. The monoisotopic (exact) mass is 327 g/mol. The van der Waals surface area contributed by atoms with Crippen LogP contribution >= 0.6 is 22.9 Å². The molecule has 0 spiro atoms. The zero-order chi connectivity index (χ0) is 14.8. The molecule has 20 heavy (non-hydrogen) atoms. The van der Waals surface area contributed by atoms with Gasteiger partial charge in [0.25, 0.3) is 0 Å². The highest BCUT2D eigenvalue weighted by Gasteiger charge is 2.18. The maximum Gasteiger partial charge on any atom is 0.242 e. The van der Waals surface area contributed by atoms with Crippen molar-refractivity contribution in [2.45, 2.75) is 18.4 Å². The summed E-state index contributed by atoms with van der Waals surface area (Å²) in [5.41, 5.74) is 0.239. The van der Waals surface area contributed by atoms with E-state index in [9.17, 15) is 8.42 Å². The first-order valence-corrected chi connectivity index (χ1v) is 8.21. The number of rotatable bonds is 4. The summed E-state index contributed by atoms with van der Waals surface area (Å²) in [5.74, 6) is 0. The smallest absolute Gasteiger partial charge is 0.242 e. The molecular formula is C12H10ClN3O2S2. The van der Waals surface area contributed by atoms with Crippen molar-refractivity contribution in [2.24, 2.45) is 0 Å². The number of hydrogen-bond donors (Lipinski definition) is 1. The van der Waals surface area contributed by atoms with Crippen LogP contribution in [0.2, 0.25) is 5.02 Å². The van der Waals surface area contributed by atoms with Gasteiger partial charge < -0.3 is 0 Å². The van der Waals surface area contributed by atoms with E-state index in [2.05, 4.69) is 9.71 Å². The molecule has 0 aliphatic rings. The van der Waals surface area contributed by atoms with Crippen LogP contribution in [0.1, 0.15) is 15.4 Å². The predicted octanol–water partition coefficient (Wildman–Crippen LogP) is 2.46. The van der Waals surface area contributed by atoms with E-state index in [1.54, 1.807) is 6.20 Å². The van der Waals surface area contributed by atoms with Gasteiger partial charge in [0.1, 0.15) is 4.90 Å². The number of benzene rings is 1. The van der Waals surface area contributed by atoms with E-state index < -0.39 is 10.0 Å². The quantitative estimate of drug-likeness (QED) is 0.935. The Morgan fingerprint density at radius 1 is 1.50 bits per heavy atom. The maximum atomic E-state index is 12.2. The molecule has 0 aliphatic carbocycles. The number of aromatic nitrogens is 1. The molecule has 0 saturated heterocycles. The van der Waals surface area contributed by atoms with Crippen LogP contribution in [0, 0.1) is 18.3 Å². The third-order valence-electron chi connectivity index (χ3n) is 2.46. The van der Waals surface area contributed by atoms with Crippen molar-refractivity contribution in [3.8, 4) is 6.07 Å². The van der Waals surface area contributed by atoms with E-state index in [1.807, 2.05) is 13.0 Å². The molecule has 104 valence electrons. The number of halogens is 1. The fourth-order valence-electron chi connectivity index (χ4n) is 1.51. The Kier molecular flexibility index (Phi) is 4.40. The molecule has 0 atom stereocenters. The Morgan fingerprint density at radius 2 is 2.25 bits per heavy atom. The molecule has 0 radical (unpaired) electrons. The minimum Gasteiger partial charge on any atom is -0.250 e. The lowest BCUT2D eigenvalue weighted by molar-refractivity contribution is 0.582. The number of nitrogens with zero attached hydrogens (tertiary/aromatic N) is 2. The third kappa shape index (κ3) is 3.35. The molecule has 8 heteroatoms. The van der Waals surface area contributed by atoms with E-state index in [1.165, 1.54) is 29.5 Å². The number of nitriles is 1. The zero-order valence-corrected chi connectivity index (χ0v) is 12.8. The second-order valence-electron chi connectivity index (χ2n) is 3.93. The van der Waals surface area contributed by atoms with Gasteiger partial charge in [-0.25, -0.2) is 18.1 Å². The van der Waals surface area contributed by atoms with E-state index in [0.29, 0.717) is 0 Å². The van der Waals surface area contributed by atoms with Gasteiger partial charge in [-0.05, 0) is 25.1 Å². The van der Waals surface area contributed by atoms with Gasteiger partial charge in [0, 0.05) is 17.6 Å². The van der Waals surface area contributed by atoms with E-state index in [4.69, 9.17) is 16.9 Å². The molecule has 0 amide bonds. The molecule has 1 aromatic carbocycles. The van der Waals surface area contributed by atoms with E-state index in [-0.39, 0.29) is 22.0 Å². The molecule has 5 nitrogen and oxygen atoms in total. The van der Waals surface area contributed by atoms with Gasteiger partial charge in [0.05, 0.1) is 21.7 Å². The van der Waals surface area contributed by atoms with Crippen LogP contribution in [0.3, 0.4) is 0 Å². The van der Waals surface area contributed by atoms with Gasteiger partial charge >= 0.3 is 0 Å². The Hall–Kier alpha value is -1.46. The van der Waals surface area contributed by atoms with Crippen molar-refractivity contribution >= 4 is 33.0 Å². The van der Waals surface area contributed by atoms with Gasteiger partial charge in [-0.1, -0.05) is 11.6 Å². The summed E-state index contributed by atoms with van der Waals surface area (Å²) in [4.78, 5) is 4.76. The topological polar surface area (TPSA) is 82.8 Å². The largest absolute Gasteiger partial charge is 0.250 e. The van der Waals surface area contributed by atoms with Crippen LogP contribution in [-0.4, -0.2) is 13.4 Å². The van der Waals surface area contributed by atoms with Crippen LogP contribution < -0.4 is 4.72 Å². The van der Waals surface area contributed by atoms with Crippen LogP contribution in [0.4, 0.5) is 0 Å². The fraction of sp³-hybridized carbons (Fsp3) is 0.167. The summed E-state index contributed by atoms with van der Waals surface area (Å²) < 4.78 is 26.8. The number of nitrogens with one attached hydrogen (secondary N) is 1. The molecule has 0 fully saturated rings. The highest BCUT2D eigenvalue weighted by Crippen LogP contribution is 2.23. The van der Waals surface area contributed by atoms with Gasteiger partial charge in [0.2, 0.25) is 10.0 Å². The molecule has 2 rings (SSSR count). The number of aryl methyl sites for hydroxylation is 1. The Morgan fingerprint density at radius 3 is 2.85 bits per heavy atom. The average molecular weight is 328 g/mol. The summed E-state index contributed by atoms with van der Waals surface area (Å²) in [6.07, 6.45) is 1.62. The van der Waals surface area contributed by atoms with Crippen molar-refractivity contribution in [3.05, 3.63) is 44.9 Å². The average Bonchev–Trinajstić information content (AvgIpc) is 2.83. The number of hydrogen-bond acceptors (Lipinski definition) is 5. The number of sulfonamides is 1. The van der Waals surface area contributed by atoms with Crippen LogP contribution in [0.5, 0.6) is 0 Å². The molecule has 0 saturated carbocycles. The maximum absolute atomic E-state index is 12.2. The minimum atomic E-state index is -3.77. The van der Waals surface area contributed by atoms with Gasteiger partial charge in [-0.15, -0.1) is 11.3 Å². The van der Waals surface area contributed by atoms with Crippen LogP contribution in [0.25, 0.3) is 0 Å². The molecule has 0 unspecified atom stereocenters. The summed E-state index contributed by atoms with van der Waals surface area (Å²) in [6, 6.07) is 6.00. The lowest BCUT2D eigenvalue weighted by atomic mass is 10.2. The standard InChI is InChI=1S/C12H10ClN3O2S2/c1-8-15-6-10(19-8)7-16-20(17,18)12-4-9(5-14)2-3-11(12)13/h2-4,6,16H,7H2,1H3. The molecule has 0 bridgehead atoms. The lowest BCUT2D eigenvalue weighted by Crippen LogP contribution is -2.23. The summed E-state index contributed by atoms with van der Waals surface area (Å²) in [7, 11) is -3.77. The third-order valence-corrected chi connectivity index (χ3v) is 5.25. The predicted molar refractivity (Wildman–Crippen MR) is 77.0 cm³/mol. The normalized spacial score (nSPS) is 11.2. The van der Waals surface area contributed by atoms with Crippen molar-refractivity contribution in [2.75, 3.05) is 0 Å². The highest BCUT2D eigenvalue weighted by molar-refractivity contribution is 7.89. The van der Waals surface area contributed by atoms with Gasteiger partial charge in [-0.2, -0.15) is 5.26 Å². The van der Waals surface area contributed by atoms with Crippen LogP contribution in [0.15, 0.2) is 29.3 Å².